The highest BCUT2D eigenvalue weighted by atomic mass is 32.2. The Morgan fingerprint density at radius 1 is 1.46 bits per heavy atom. The molecule has 0 radical (unpaired) electrons. The highest BCUT2D eigenvalue weighted by Crippen LogP contribution is 1.93. The standard InChI is InChI=1S/C4H8N2O6S/c5-3(7)1-2(4(8)9)6-13(10,11)12/h2,6H,1H2,(H2,5,7)(H,8,9)(H,10,11,12)/t2-/m0/s1. The fourth-order valence-corrected chi connectivity index (χ4v) is 1.10. The highest BCUT2D eigenvalue weighted by Gasteiger charge is 2.24. The highest BCUT2D eigenvalue weighted by molar-refractivity contribution is 7.83. The van der Waals surface area contributed by atoms with Gasteiger partial charge in [0.15, 0.2) is 0 Å². The van der Waals surface area contributed by atoms with E-state index >= 15 is 0 Å². The molecule has 5 N–H and O–H groups in total. The van der Waals surface area contributed by atoms with Gasteiger partial charge in [-0.15, -0.1) is 0 Å². The van der Waals surface area contributed by atoms with Crippen LogP contribution in [0.1, 0.15) is 6.42 Å². The van der Waals surface area contributed by atoms with Crippen molar-refractivity contribution in [3.8, 4) is 0 Å². The van der Waals surface area contributed by atoms with E-state index in [0.29, 0.717) is 0 Å². The summed E-state index contributed by atoms with van der Waals surface area (Å²) >= 11 is 0. The van der Waals surface area contributed by atoms with Gasteiger partial charge in [0.1, 0.15) is 6.04 Å². The number of rotatable bonds is 5. The molecule has 0 spiro atoms. The molecule has 0 aromatic rings. The van der Waals surface area contributed by atoms with Crippen LogP contribution in [0.4, 0.5) is 0 Å². The summed E-state index contributed by atoms with van der Waals surface area (Å²) < 4.78 is 29.8. The lowest BCUT2D eigenvalue weighted by Gasteiger charge is -2.08. The lowest BCUT2D eigenvalue weighted by atomic mass is 10.2. The summed E-state index contributed by atoms with van der Waals surface area (Å²) in [5, 5.41) is 8.34. The Morgan fingerprint density at radius 3 is 2.15 bits per heavy atom. The molecule has 1 atom stereocenters. The number of carboxylic acids is 1. The molecule has 0 aromatic heterocycles. The van der Waals surface area contributed by atoms with Crippen LogP contribution in [0.15, 0.2) is 0 Å². The number of carbonyl (C=O) groups excluding carboxylic acids is 1. The van der Waals surface area contributed by atoms with Crippen LogP contribution >= 0.6 is 0 Å². The van der Waals surface area contributed by atoms with Gasteiger partial charge >= 0.3 is 16.3 Å². The molecular weight excluding hydrogens is 204 g/mol. The molecule has 1 amide bonds. The topological polar surface area (TPSA) is 147 Å². The van der Waals surface area contributed by atoms with Crippen molar-refractivity contribution in [2.24, 2.45) is 5.73 Å². The second-order valence-electron chi connectivity index (χ2n) is 2.15. The maximum absolute atomic E-state index is 10.3. The van der Waals surface area contributed by atoms with Crippen LogP contribution in [0.5, 0.6) is 0 Å². The van der Waals surface area contributed by atoms with Gasteiger partial charge in [-0.2, -0.15) is 13.1 Å². The summed E-state index contributed by atoms with van der Waals surface area (Å²) in [6.07, 6.45) is -0.727. The molecule has 76 valence electrons. The number of nitrogens with one attached hydrogen (secondary N) is 1. The summed E-state index contributed by atoms with van der Waals surface area (Å²) in [4.78, 5) is 20.5. The Labute approximate surface area is 73.6 Å². The fourth-order valence-electron chi connectivity index (χ4n) is 0.560. The van der Waals surface area contributed by atoms with Crippen molar-refractivity contribution < 1.29 is 27.7 Å². The van der Waals surface area contributed by atoms with Crippen molar-refractivity contribution in [3.05, 3.63) is 0 Å². The van der Waals surface area contributed by atoms with E-state index in [9.17, 15) is 18.0 Å². The van der Waals surface area contributed by atoms with E-state index in [0.717, 1.165) is 0 Å². The molecule has 0 aliphatic heterocycles. The molecule has 0 saturated heterocycles. The van der Waals surface area contributed by atoms with Crippen molar-refractivity contribution in [1.82, 2.24) is 4.72 Å². The summed E-state index contributed by atoms with van der Waals surface area (Å²) in [7, 11) is -4.65. The summed E-state index contributed by atoms with van der Waals surface area (Å²) in [5.74, 6) is -2.60. The van der Waals surface area contributed by atoms with E-state index in [1.165, 1.54) is 4.72 Å². The SMILES string of the molecule is NC(=O)C[C@H](NS(=O)(=O)O)C(=O)O. The average Bonchev–Trinajstić information content (AvgIpc) is 1.81. The minimum Gasteiger partial charge on any atom is -0.480 e. The Bertz CT molecular complexity index is 309. The zero-order valence-electron chi connectivity index (χ0n) is 6.30. The van der Waals surface area contributed by atoms with Crippen LogP contribution in [0.2, 0.25) is 0 Å². The van der Waals surface area contributed by atoms with Gasteiger partial charge in [-0.1, -0.05) is 0 Å². The van der Waals surface area contributed by atoms with Crippen molar-refractivity contribution >= 4 is 22.2 Å². The van der Waals surface area contributed by atoms with E-state index in [1.54, 1.807) is 0 Å². The Hall–Kier alpha value is -1.19. The maximum atomic E-state index is 10.3. The minimum absolute atomic E-state index is 0.727. The van der Waals surface area contributed by atoms with Crippen LogP contribution in [-0.4, -0.2) is 36.0 Å². The Balaban J connectivity index is 4.45. The lowest BCUT2D eigenvalue weighted by molar-refractivity contribution is -0.140. The number of nitrogens with two attached hydrogens (primary N) is 1. The van der Waals surface area contributed by atoms with E-state index in [2.05, 4.69) is 5.73 Å². The molecule has 0 bridgehead atoms. The first-order valence-electron chi connectivity index (χ1n) is 2.98. The quantitative estimate of drug-likeness (QED) is 0.377. The van der Waals surface area contributed by atoms with E-state index in [-0.39, 0.29) is 0 Å². The number of primary amides is 1. The zero-order valence-corrected chi connectivity index (χ0v) is 7.11. The number of hydrogen-bond acceptors (Lipinski definition) is 4. The van der Waals surface area contributed by atoms with E-state index < -0.39 is 34.6 Å². The van der Waals surface area contributed by atoms with Gasteiger partial charge in [-0.3, -0.25) is 14.1 Å². The normalized spacial score (nSPS) is 13.6. The van der Waals surface area contributed by atoms with Gasteiger partial charge in [0.2, 0.25) is 5.91 Å². The molecule has 0 fully saturated rings. The first kappa shape index (κ1) is 11.8. The second-order valence-corrected chi connectivity index (χ2v) is 3.34. The molecule has 13 heavy (non-hydrogen) atoms. The fraction of sp³-hybridized carbons (Fsp3) is 0.500. The number of hydrogen-bond donors (Lipinski definition) is 4. The van der Waals surface area contributed by atoms with Gasteiger partial charge in [0.05, 0.1) is 6.42 Å². The maximum Gasteiger partial charge on any atom is 0.334 e. The predicted octanol–water partition coefficient (Wildman–Crippen LogP) is -2.29. The van der Waals surface area contributed by atoms with Crippen LogP contribution in [0, 0.1) is 0 Å². The van der Waals surface area contributed by atoms with Crippen LogP contribution in [-0.2, 0) is 19.9 Å². The smallest absolute Gasteiger partial charge is 0.334 e. The third-order valence-corrected chi connectivity index (χ3v) is 1.58. The molecule has 0 aromatic carbocycles. The first-order chi connectivity index (χ1) is 5.72. The molecule has 8 nitrogen and oxygen atoms in total. The number of carboxylic acid groups (broad SMARTS) is 1. The van der Waals surface area contributed by atoms with Gasteiger partial charge in [0, 0.05) is 0 Å². The molecule has 0 unspecified atom stereocenters. The molecule has 0 heterocycles. The van der Waals surface area contributed by atoms with Crippen molar-refractivity contribution in [2.45, 2.75) is 12.5 Å². The number of amides is 1. The Kier molecular flexibility index (Phi) is 3.78. The van der Waals surface area contributed by atoms with Crippen molar-refractivity contribution in [2.75, 3.05) is 0 Å². The van der Waals surface area contributed by atoms with Crippen molar-refractivity contribution in [3.63, 3.8) is 0 Å². The van der Waals surface area contributed by atoms with Gasteiger partial charge in [-0.05, 0) is 0 Å². The van der Waals surface area contributed by atoms with E-state index in [1.807, 2.05) is 0 Å². The van der Waals surface area contributed by atoms with Crippen LogP contribution in [0.3, 0.4) is 0 Å². The number of aliphatic carboxylic acids is 1. The Morgan fingerprint density at radius 2 is 1.92 bits per heavy atom. The summed E-state index contributed by atoms with van der Waals surface area (Å²) in [5.41, 5.74) is 4.63. The van der Waals surface area contributed by atoms with Gasteiger partial charge in [0.25, 0.3) is 0 Å². The molecule has 9 heteroatoms. The van der Waals surface area contributed by atoms with E-state index in [4.69, 9.17) is 9.66 Å². The van der Waals surface area contributed by atoms with Gasteiger partial charge in [-0.25, -0.2) is 0 Å². The van der Waals surface area contributed by atoms with Crippen LogP contribution in [0.25, 0.3) is 0 Å². The molecule has 0 aliphatic rings. The monoisotopic (exact) mass is 212 g/mol. The molecule has 0 rings (SSSR count). The zero-order chi connectivity index (χ0) is 10.6. The second kappa shape index (κ2) is 4.16. The first-order valence-corrected chi connectivity index (χ1v) is 4.42. The predicted molar refractivity (Wildman–Crippen MR) is 39.9 cm³/mol. The minimum atomic E-state index is -4.65. The molecule has 0 saturated carbocycles. The largest absolute Gasteiger partial charge is 0.480 e. The lowest BCUT2D eigenvalue weighted by Crippen LogP contribution is -2.42. The van der Waals surface area contributed by atoms with Crippen molar-refractivity contribution in [1.29, 1.82) is 0 Å². The third kappa shape index (κ3) is 6.02. The van der Waals surface area contributed by atoms with Gasteiger partial charge < -0.3 is 10.8 Å². The molecule has 0 aliphatic carbocycles. The average molecular weight is 212 g/mol. The number of carbonyl (C=O) groups is 2. The third-order valence-electron chi connectivity index (χ3n) is 0.995. The summed E-state index contributed by atoms with van der Waals surface area (Å²) in [6.45, 7) is 0. The molecular formula is C4H8N2O6S. The van der Waals surface area contributed by atoms with Crippen LogP contribution < -0.4 is 10.5 Å². The summed E-state index contributed by atoms with van der Waals surface area (Å²) in [6, 6.07) is -1.74.